The van der Waals surface area contributed by atoms with Gasteiger partial charge in [-0.15, -0.1) is 0 Å². The van der Waals surface area contributed by atoms with Crippen LogP contribution in [0, 0.1) is 5.82 Å². The summed E-state index contributed by atoms with van der Waals surface area (Å²) < 4.78 is 36.3. The molecular weight excluding hydrogens is 175 g/mol. The quantitative estimate of drug-likeness (QED) is 0.679. The molecule has 0 aromatic carbocycles. The van der Waals surface area contributed by atoms with Crippen LogP contribution in [-0.4, -0.2) is 10.1 Å². The summed E-state index contributed by atoms with van der Waals surface area (Å²) in [6.07, 6.45) is -3.15. The number of hydrogen-bond donors (Lipinski definition) is 2. The Morgan fingerprint density at radius 1 is 1.50 bits per heavy atom. The Morgan fingerprint density at radius 3 is 2.58 bits per heavy atom. The Morgan fingerprint density at radius 2 is 2.08 bits per heavy atom. The van der Waals surface area contributed by atoms with Crippen LogP contribution < -0.4 is 5.56 Å². The van der Waals surface area contributed by atoms with Gasteiger partial charge in [-0.3, -0.25) is 4.79 Å². The zero-order valence-electron chi connectivity index (χ0n) is 5.64. The fraction of sp³-hybridized carbons (Fsp3) is 0.167. The Bertz CT molecular complexity index is 347. The largest absolute Gasteiger partial charge is 0.505 e. The molecule has 1 heterocycles. The first-order valence-electron chi connectivity index (χ1n) is 2.92. The Labute approximate surface area is 64.5 Å². The van der Waals surface area contributed by atoms with Gasteiger partial charge < -0.3 is 10.1 Å². The third kappa shape index (κ3) is 1.41. The molecule has 0 spiro atoms. The van der Waals surface area contributed by atoms with Gasteiger partial charge in [-0.25, -0.2) is 13.2 Å². The van der Waals surface area contributed by atoms with Crippen LogP contribution in [0.4, 0.5) is 13.2 Å². The van der Waals surface area contributed by atoms with Crippen molar-refractivity contribution in [3.05, 3.63) is 27.9 Å². The fourth-order valence-electron chi connectivity index (χ4n) is 0.700. The molecule has 0 aliphatic rings. The van der Waals surface area contributed by atoms with Crippen molar-refractivity contribution in [1.82, 2.24) is 4.98 Å². The number of nitrogens with one attached hydrogen (secondary N) is 1. The summed E-state index contributed by atoms with van der Waals surface area (Å²) in [5.41, 5.74) is -2.16. The highest BCUT2D eigenvalue weighted by Crippen LogP contribution is 2.23. The molecule has 0 unspecified atom stereocenters. The highest BCUT2D eigenvalue weighted by molar-refractivity contribution is 5.24. The van der Waals surface area contributed by atoms with Crippen molar-refractivity contribution >= 4 is 0 Å². The van der Waals surface area contributed by atoms with Crippen molar-refractivity contribution in [3.8, 4) is 5.75 Å². The predicted octanol–water partition coefficient (Wildman–Crippen LogP) is 1.16. The molecule has 0 aliphatic carbocycles. The molecule has 0 fully saturated rings. The third-order valence-corrected chi connectivity index (χ3v) is 1.21. The molecule has 2 N–H and O–H groups in total. The van der Waals surface area contributed by atoms with Crippen LogP contribution in [0.3, 0.4) is 0 Å². The average Bonchev–Trinajstić information content (AvgIpc) is 1.96. The second kappa shape index (κ2) is 2.88. The lowest BCUT2D eigenvalue weighted by Gasteiger charge is -2.01. The number of H-pyrrole nitrogens is 1. The van der Waals surface area contributed by atoms with E-state index >= 15 is 0 Å². The smallest absolute Gasteiger partial charge is 0.281 e. The van der Waals surface area contributed by atoms with Crippen LogP contribution in [0.1, 0.15) is 12.1 Å². The number of rotatable bonds is 1. The highest BCUT2D eigenvalue weighted by atomic mass is 19.3. The molecule has 1 aromatic heterocycles. The van der Waals surface area contributed by atoms with Gasteiger partial charge in [0.15, 0.2) is 11.6 Å². The van der Waals surface area contributed by atoms with Crippen LogP contribution in [0.2, 0.25) is 0 Å². The summed E-state index contributed by atoms with van der Waals surface area (Å²) in [5, 5.41) is 8.60. The third-order valence-electron chi connectivity index (χ3n) is 1.21. The number of aromatic hydroxyl groups is 1. The van der Waals surface area contributed by atoms with Gasteiger partial charge in [-0.1, -0.05) is 0 Å². The van der Waals surface area contributed by atoms with E-state index in [-0.39, 0.29) is 0 Å². The van der Waals surface area contributed by atoms with Gasteiger partial charge in [0.2, 0.25) is 0 Å². The zero-order chi connectivity index (χ0) is 9.30. The maximum atomic E-state index is 12.5. The van der Waals surface area contributed by atoms with Crippen molar-refractivity contribution in [2.75, 3.05) is 0 Å². The lowest BCUT2D eigenvalue weighted by Crippen LogP contribution is -2.10. The monoisotopic (exact) mass is 179 g/mol. The van der Waals surface area contributed by atoms with Gasteiger partial charge in [-0.05, 0) is 0 Å². The number of aromatic nitrogens is 1. The van der Waals surface area contributed by atoms with E-state index < -0.39 is 29.2 Å². The van der Waals surface area contributed by atoms with E-state index in [0.29, 0.717) is 6.07 Å². The zero-order valence-corrected chi connectivity index (χ0v) is 5.64. The fourth-order valence-corrected chi connectivity index (χ4v) is 0.700. The lowest BCUT2D eigenvalue weighted by atomic mass is 10.3. The van der Waals surface area contributed by atoms with Crippen LogP contribution in [-0.2, 0) is 0 Å². The molecule has 0 radical (unpaired) electrons. The molecule has 0 saturated heterocycles. The predicted molar refractivity (Wildman–Crippen MR) is 33.6 cm³/mol. The van der Waals surface area contributed by atoms with E-state index in [4.69, 9.17) is 5.11 Å². The van der Waals surface area contributed by atoms with E-state index in [2.05, 4.69) is 0 Å². The van der Waals surface area contributed by atoms with Crippen LogP contribution in [0.5, 0.6) is 5.75 Å². The first-order valence-corrected chi connectivity index (χ1v) is 2.92. The molecule has 0 bridgehead atoms. The Hall–Kier alpha value is -1.46. The second-order valence-corrected chi connectivity index (χ2v) is 2.05. The van der Waals surface area contributed by atoms with Crippen molar-refractivity contribution in [3.63, 3.8) is 0 Å². The number of hydrogen-bond acceptors (Lipinski definition) is 2. The van der Waals surface area contributed by atoms with Gasteiger partial charge in [-0.2, -0.15) is 0 Å². The summed E-state index contributed by atoms with van der Waals surface area (Å²) >= 11 is 0. The second-order valence-electron chi connectivity index (χ2n) is 2.05. The number of alkyl halides is 2. The normalized spacial score (nSPS) is 10.7. The van der Waals surface area contributed by atoms with Crippen LogP contribution in [0.25, 0.3) is 0 Å². The minimum absolute atomic E-state index is 0.487. The standard InChI is InChI=1S/C6H4F3NO2/c7-4-2(11)1-3(12)10-5(4)6(8)9/h1,6H,(H2,10,11,12). The van der Waals surface area contributed by atoms with Crippen LogP contribution in [0.15, 0.2) is 10.9 Å². The maximum absolute atomic E-state index is 12.5. The summed E-state index contributed by atoms with van der Waals surface area (Å²) in [4.78, 5) is 12.0. The number of aromatic amines is 1. The Kier molecular flexibility index (Phi) is 2.07. The number of pyridine rings is 1. The minimum Gasteiger partial charge on any atom is -0.505 e. The molecule has 1 aromatic rings. The first kappa shape index (κ1) is 8.63. The van der Waals surface area contributed by atoms with Crippen molar-refractivity contribution in [1.29, 1.82) is 0 Å². The first-order chi connectivity index (χ1) is 5.52. The summed E-state index contributed by atoms with van der Waals surface area (Å²) in [5.74, 6) is -2.57. The van der Waals surface area contributed by atoms with E-state index in [0.717, 1.165) is 0 Å². The molecule has 12 heavy (non-hydrogen) atoms. The van der Waals surface area contributed by atoms with Crippen molar-refractivity contribution in [2.24, 2.45) is 0 Å². The SMILES string of the molecule is O=c1cc(O)c(F)c(C(F)F)[nH]1. The molecule has 0 saturated carbocycles. The molecule has 66 valence electrons. The van der Waals surface area contributed by atoms with Crippen molar-refractivity contribution < 1.29 is 18.3 Å². The maximum Gasteiger partial charge on any atom is 0.281 e. The Balaban J connectivity index is 3.38. The lowest BCUT2D eigenvalue weighted by molar-refractivity contribution is 0.139. The van der Waals surface area contributed by atoms with Gasteiger partial charge in [0, 0.05) is 6.07 Å². The van der Waals surface area contributed by atoms with Crippen molar-refractivity contribution in [2.45, 2.75) is 6.43 Å². The van der Waals surface area contributed by atoms with Gasteiger partial charge in [0.25, 0.3) is 12.0 Å². The average molecular weight is 179 g/mol. The molecule has 0 amide bonds. The minimum atomic E-state index is -3.15. The summed E-state index contributed by atoms with van der Waals surface area (Å²) in [7, 11) is 0. The molecule has 1 rings (SSSR count). The van der Waals surface area contributed by atoms with Gasteiger partial charge in [0.1, 0.15) is 5.69 Å². The van der Waals surface area contributed by atoms with Gasteiger partial charge in [0.05, 0.1) is 0 Å². The van der Waals surface area contributed by atoms with E-state index in [1.54, 1.807) is 4.98 Å². The topological polar surface area (TPSA) is 53.1 Å². The van der Waals surface area contributed by atoms with Crippen LogP contribution >= 0.6 is 0 Å². The van der Waals surface area contributed by atoms with Gasteiger partial charge >= 0.3 is 0 Å². The molecule has 3 nitrogen and oxygen atoms in total. The number of halogens is 3. The van der Waals surface area contributed by atoms with E-state index in [1.165, 1.54) is 0 Å². The molecular formula is C6H4F3NO2. The molecule has 0 aliphatic heterocycles. The van der Waals surface area contributed by atoms with E-state index in [9.17, 15) is 18.0 Å². The molecule has 0 atom stereocenters. The summed E-state index contributed by atoms with van der Waals surface area (Å²) in [6, 6.07) is 0.487. The highest BCUT2D eigenvalue weighted by Gasteiger charge is 2.17. The summed E-state index contributed by atoms with van der Waals surface area (Å²) in [6.45, 7) is 0. The molecule has 6 heteroatoms. The van der Waals surface area contributed by atoms with E-state index in [1.807, 2.05) is 0 Å².